The van der Waals surface area contributed by atoms with Gasteiger partial charge in [-0.1, -0.05) is 38.1 Å². The van der Waals surface area contributed by atoms with Crippen molar-refractivity contribution in [1.82, 2.24) is 14.3 Å². The summed E-state index contributed by atoms with van der Waals surface area (Å²) in [5, 5.41) is 1.90. The standard InChI is InChI=1S/C19H21N3O2S2/c1-3-22(4-2)26(23,24)17-10-11-18(21-13-17)25-14-16-8-5-7-15-9-6-12-20-19(15)16/h5-13H,3-4,14H2,1-2H3. The van der Waals surface area contributed by atoms with Crippen LogP contribution in [0.5, 0.6) is 0 Å². The molecule has 0 radical (unpaired) electrons. The first-order valence-corrected chi connectivity index (χ1v) is 10.9. The van der Waals surface area contributed by atoms with E-state index in [1.54, 1.807) is 30.1 Å². The number of nitrogens with zero attached hydrogens (tertiary/aromatic N) is 3. The Morgan fingerprint density at radius 1 is 1.00 bits per heavy atom. The molecule has 0 unspecified atom stereocenters. The Hall–Kier alpha value is -1.96. The second-order valence-electron chi connectivity index (χ2n) is 5.70. The number of para-hydroxylation sites is 1. The molecule has 0 bridgehead atoms. The predicted molar refractivity (Wildman–Crippen MR) is 106 cm³/mol. The van der Waals surface area contributed by atoms with Gasteiger partial charge in [0.1, 0.15) is 4.90 Å². The number of rotatable bonds is 7. The SMILES string of the molecule is CCN(CC)S(=O)(=O)c1ccc(SCc2cccc3cccnc23)nc1. The molecule has 1 aromatic carbocycles. The topological polar surface area (TPSA) is 63.2 Å². The number of pyridine rings is 2. The lowest BCUT2D eigenvalue weighted by Crippen LogP contribution is -2.30. The van der Waals surface area contributed by atoms with Crippen molar-refractivity contribution in [1.29, 1.82) is 0 Å². The van der Waals surface area contributed by atoms with E-state index in [0.29, 0.717) is 13.1 Å². The van der Waals surface area contributed by atoms with Crippen molar-refractivity contribution in [3.63, 3.8) is 0 Å². The Bertz CT molecular complexity index is 980. The molecule has 0 N–H and O–H groups in total. The van der Waals surface area contributed by atoms with Crippen LogP contribution in [0.4, 0.5) is 0 Å². The lowest BCUT2D eigenvalue weighted by atomic mass is 10.1. The highest BCUT2D eigenvalue weighted by Crippen LogP contribution is 2.26. The fourth-order valence-electron chi connectivity index (χ4n) is 2.75. The first kappa shape index (κ1) is 18.8. The molecular weight excluding hydrogens is 366 g/mol. The van der Waals surface area contributed by atoms with Gasteiger partial charge in [0, 0.05) is 36.6 Å². The van der Waals surface area contributed by atoms with Gasteiger partial charge < -0.3 is 0 Å². The fourth-order valence-corrected chi connectivity index (χ4v) is 4.98. The zero-order chi connectivity index (χ0) is 18.6. The highest BCUT2D eigenvalue weighted by atomic mass is 32.2. The summed E-state index contributed by atoms with van der Waals surface area (Å²) in [6.45, 7) is 4.56. The minimum Gasteiger partial charge on any atom is -0.256 e. The van der Waals surface area contributed by atoms with Crippen molar-refractivity contribution >= 4 is 32.7 Å². The minimum atomic E-state index is -3.46. The molecule has 0 aliphatic carbocycles. The third-order valence-corrected chi connectivity index (χ3v) is 7.17. The van der Waals surface area contributed by atoms with Crippen LogP contribution in [-0.2, 0) is 15.8 Å². The second-order valence-corrected chi connectivity index (χ2v) is 8.64. The van der Waals surface area contributed by atoms with Gasteiger partial charge in [-0.05, 0) is 23.8 Å². The van der Waals surface area contributed by atoms with E-state index in [2.05, 4.69) is 16.0 Å². The summed E-state index contributed by atoms with van der Waals surface area (Å²) in [4.78, 5) is 9.02. The second kappa shape index (κ2) is 8.16. The number of fused-ring (bicyclic) bond motifs is 1. The molecule has 0 fully saturated rings. The summed E-state index contributed by atoms with van der Waals surface area (Å²) < 4.78 is 26.4. The van der Waals surface area contributed by atoms with Crippen LogP contribution >= 0.6 is 11.8 Å². The Morgan fingerprint density at radius 2 is 1.77 bits per heavy atom. The first-order chi connectivity index (χ1) is 12.6. The molecule has 136 valence electrons. The summed E-state index contributed by atoms with van der Waals surface area (Å²) in [6, 6.07) is 13.5. The van der Waals surface area contributed by atoms with Gasteiger partial charge in [-0.3, -0.25) is 4.98 Å². The van der Waals surface area contributed by atoms with Gasteiger partial charge in [0.2, 0.25) is 10.0 Å². The van der Waals surface area contributed by atoms with Crippen molar-refractivity contribution in [3.05, 3.63) is 60.4 Å². The Balaban J connectivity index is 1.76. The Labute approximate surface area is 158 Å². The van der Waals surface area contributed by atoms with Crippen LogP contribution in [0.25, 0.3) is 10.9 Å². The summed E-state index contributed by atoms with van der Waals surface area (Å²) in [7, 11) is -3.46. The van der Waals surface area contributed by atoms with Crippen LogP contribution in [0.3, 0.4) is 0 Å². The average molecular weight is 388 g/mol. The van der Waals surface area contributed by atoms with Gasteiger partial charge in [0.15, 0.2) is 0 Å². The lowest BCUT2D eigenvalue weighted by Gasteiger charge is -2.18. The summed E-state index contributed by atoms with van der Waals surface area (Å²) in [5.41, 5.74) is 2.12. The van der Waals surface area contributed by atoms with Crippen molar-refractivity contribution < 1.29 is 8.42 Å². The number of hydrogen-bond acceptors (Lipinski definition) is 5. The van der Waals surface area contributed by atoms with Gasteiger partial charge in [0.25, 0.3) is 0 Å². The molecule has 5 nitrogen and oxygen atoms in total. The molecule has 26 heavy (non-hydrogen) atoms. The van der Waals surface area contributed by atoms with Crippen LogP contribution in [0.2, 0.25) is 0 Å². The quantitative estimate of drug-likeness (QED) is 0.574. The van der Waals surface area contributed by atoms with Crippen LogP contribution in [0.1, 0.15) is 19.4 Å². The monoisotopic (exact) mass is 387 g/mol. The fraction of sp³-hybridized carbons (Fsp3) is 0.263. The normalized spacial score (nSPS) is 12.0. The van der Waals surface area contributed by atoms with Gasteiger partial charge in [-0.2, -0.15) is 4.31 Å². The van der Waals surface area contributed by atoms with Crippen molar-refractivity contribution in [3.8, 4) is 0 Å². The van der Waals surface area contributed by atoms with Crippen molar-refractivity contribution in [2.45, 2.75) is 29.5 Å². The average Bonchev–Trinajstić information content (AvgIpc) is 2.67. The summed E-state index contributed by atoms with van der Waals surface area (Å²) in [6.07, 6.45) is 3.24. The molecule has 0 aliphatic rings. The maximum absolute atomic E-state index is 12.5. The Morgan fingerprint density at radius 3 is 2.46 bits per heavy atom. The van der Waals surface area contributed by atoms with Crippen molar-refractivity contribution in [2.24, 2.45) is 0 Å². The van der Waals surface area contributed by atoms with Gasteiger partial charge in [0.05, 0.1) is 10.5 Å². The summed E-state index contributed by atoms with van der Waals surface area (Å²) >= 11 is 1.57. The largest absolute Gasteiger partial charge is 0.256 e. The minimum absolute atomic E-state index is 0.234. The van der Waals surface area contributed by atoms with E-state index in [0.717, 1.165) is 27.2 Å². The summed E-state index contributed by atoms with van der Waals surface area (Å²) in [5.74, 6) is 0.726. The van der Waals surface area contributed by atoms with E-state index in [-0.39, 0.29) is 4.90 Å². The van der Waals surface area contributed by atoms with Gasteiger partial charge in [-0.15, -0.1) is 11.8 Å². The predicted octanol–water partition coefficient (Wildman–Crippen LogP) is 3.95. The molecule has 0 amide bonds. The first-order valence-electron chi connectivity index (χ1n) is 8.48. The molecule has 2 aromatic heterocycles. The maximum Gasteiger partial charge on any atom is 0.244 e. The third-order valence-electron chi connectivity index (χ3n) is 4.14. The molecule has 0 saturated carbocycles. The molecular formula is C19H21N3O2S2. The zero-order valence-corrected chi connectivity index (χ0v) is 16.4. The molecule has 3 rings (SSSR count). The van der Waals surface area contributed by atoms with E-state index in [4.69, 9.17) is 0 Å². The van der Waals surface area contributed by atoms with E-state index < -0.39 is 10.0 Å². The molecule has 0 spiro atoms. The van der Waals surface area contributed by atoms with E-state index >= 15 is 0 Å². The van der Waals surface area contributed by atoms with E-state index in [1.807, 2.05) is 38.1 Å². The number of benzene rings is 1. The molecule has 0 atom stereocenters. The molecule has 2 heterocycles. The molecule has 7 heteroatoms. The maximum atomic E-state index is 12.5. The van der Waals surface area contributed by atoms with E-state index in [1.165, 1.54) is 10.5 Å². The highest BCUT2D eigenvalue weighted by Gasteiger charge is 2.21. The number of aromatic nitrogens is 2. The third kappa shape index (κ3) is 3.90. The van der Waals surface area contributed by atoms with Gasteiger partial charge >= 0.3 is 0 Å². The van der Waals surface area contributed by atoms with Crippen LogP contribution < -0.4 is 0 Å². The van der Waals surface area contributed by atoms with Gasteiger partial charge in [-0.25, -0.2) is 13.4 Å². The number of hydrogen-bond donors (Lipinski definition) is 0. The molecule has 0 saturated heterocycles. The zero-order valence-electron chi connectivity index (χ0n) is 14.8. The number of sulfonamides is 1. The van der Waals surface area contributed by atoms with Crippen LogP contribution in [0.15, 0.2) is 64.8 Å². The smallest absolute Gasteiger partial charge is 0.244 e. The number of thioether (sulfide) groups is 1. The Kier molecular flexibility index (Phi) is 5.90. The van der Waals surface area contributed by atoms with Crippen molar-refractivity contribution in [2.75, 3.05) is 13.1 Å². The highest BCUT2D eigenvalue weighted by molar-refractivity contribution is 7.98. The van der Waals surface area contributed by atoms with Crippen LogP contribution in [0, 0.1) is 0 Å². The molecule has 3 aromatic rings. The van der Waals surface area contributed by atoms with E-state index in [9.17, 15) is 8.42 Å². The lowest BCUT2D eigenvalue weighted by molar-refractivity contribution is 0.445. The molecule has 0 aliphatic heterocycles. The van der Waals surface area contributed by atoms with Crippen LogP contribution in [-0.4, -0.2) is 35.8 Å².